The van der Waals surface area contributed by atoms with Gasteiger partial charge in [-0.25, -0.2) is 0 Å². The largest absolute Gasteiger partial charge is 0.480 e. The molecule has 0 bridgehead atoms. The van der Waals surface area contributed by atoms with Crippen molar-refractivity contribution in [2.75, 3.05) is 6.61 Å². The van der Waals surface area contributed by atoms with Gasteiger partial charge in [0, 0.05) is 0 Å². The van der Waals surface area contributed by atoms with Crippen LogP contribution in [0.2, 0.25) is 0 Å². The van der Waals surface area contributed by atoms with E-state index in [-0.39, 0.29) is 6.41 Å². The Labute approximate surface area is 57.4 Å². The van der Waals surface area contributed by atoms with Crippen molar-refractivity contribution in [3.8, 4) is 0 Å². The van der Waals surface area contributed by atoms with E-state index in [9.17, 15) is 4.79 Å². The maximum atomic E-state index is 9.65. The minimum absolute atomic E-state index is 0.250. The Morgan fingerprint density at radius 3 is 2.00 bits per heavy atom. The molecule has 0 aromatic rings. The fourth-order valence-electron chi connectivity index (χ4n) is 0.0781. The summed E-state index contributed by atoms with van der Waals surface area (Å²) in [4.78, 5) is 18.2. The van der Waals surface area contributed by atoms with Crippen molar-refractivity contribution in [1.29, 1.82) is 0 Å². The minimum atomic E-state index is -1.18. The van der Waals surface area contributed by atoms with Gasteiger partial charge in [-0.1, -0.05) is 0 Å². The highest BCUT2D eigenvalue weighted by atomic mass is 16.4. The molecule has 0 radical (unpaired) electrons. The summed E-state index contributed by atoms with van der Waals surface area (Å²) in [5.41, 5.74) is 8.93. The number of aliphatic carboxylic acids is 1. The Morgan fingerprint density at radius 2 is 2.00 bits per heavy atom. The van der Waals surface area contributed by atoms with E-state index in [0.29, 0.717) is 0 Å². The van der Waals surface area contributed by atoms with E-state index >= 15 is 0 Å². The van der Waals surface area contributed by atoms with E-state index in [0.717, 1.165) is 0 Å². The highest BCUT2D eigenvalue weighted by Crippen LogP contribution is 1.71. The smallest absolute Gasteiger partial charge is 0.322 e. The predicted molar refractivity (Wildman–Crippen MR) is 32.9 cm³/mol. The molecule has 0 rings (SSSR count). The number of carboxylic acids is 1. The zero-order chi connectivity index (χ0) is 8.57. The van der Waals surface area contributed by atoms with Gasteiger partial charge in [0.05, 0.1) is 6.61 Å². The van der Waals surface area contributed by atoms with Gasteiger partial charge in [-0.3, -0.25) is 9.59 Å². The zero-order valence-electron chi connectivity index (χ0n) is 5.23. The van der Waals surface area contributed by atoms with Gasteiger partial charge in [-0.2, -0.15) is 0 Å². The third-order valence-electron chi connectivity index (χ3n) is 0.514. The number of carbonyl (C=O) groups excluding carboxylic acids is 1. The highest BCUT2D eigenvalue weighted by molar-refractivity contribution is 5.73. The Morgan fingerprint density at radius 1 is 1.70 bits per heavy atom. The summed E-state index contributed by atoms with van der Waals surface area (Å²) in [5.74, 6) is -1.18. The average molecular weight is 150 g/mol. The van der Waals surface area contributed by atoms with Crippen molar-refractivity contribution < 1.29 is 19.8 Å². The minimum Gasteiger partial charge on any atom is -0.480 e. The van der Waals surface area contributed by atoms with Crippen molar-refractivity contribution in [2.24, 2.45) is 11.5 Å². The van der Waals surface area contributed by atoms with Crippen LogP contribution in [-0.4, -0.2) is 35.2 Å². The van der Waals surface area contributed by atoms with E-state index < -0.39 is 18.6 Å². The molecule has 0 heterocycles. The van der Waals surface area contributed by atoms with Crippen molar-refractivity contribution in [1.82, 2.24) is 0 Å². The SMILES string of the molecule is NC=O.N[C@H](CO)C(=O)O. The van der Waals surface area contributed by atoms with E-state index in [1.54, 1.807) is 0 Å². The average Bonchev–Trinajstić information content (AvgIpc) is 1.88. The molecule has 0 aliphatic rings. The monoisotopic (exact) mass is 150 g/mol. The van der Waals surface area contributed by atoms with Crippen LogP contribution in [0.4, 0.5) is 0 Å². The van der Waals surface area contributed by atoms with Crippen LogP contribution in [0.3, 0.4) is 0 Å². The van der Waals surface area contributed by atoms with Crippen LogP contribution in [0.15, 0.2) is 0 Å². The first-order chi connectivity index (χ1) is 4.59. The van der Waals surface area contributed by atoms with Crippen molar-refractivity contribution >= 4 is 12.4 Å². The number of amides is 1. The Hall–Kier alpha value is -1.14. The van der Waals surface area contributed by atoms with Crippen LogP contribution in [0.1, 0.15) is 0 Å². The van der Waals surface area contributed by atoms with E-state index in [1.807, 2.05) is 0 Å². The molecule has 6 nitrogen and oxygen atoms in total. The molecule has 6 heteroatoms. The first kappa shape index (κ1) is 11.6. The third-order valence-corrected chi connectivity index (χ3v) is 0.514. The van der Waals surface area contributed by atoms with Crippen LogP contribution in [0, 0.1) is 0 Å². The number of aliphatic hydroxyl groups is 1. The van der Waals surface area contributed by atoms with Crippen LogP contribution >= 0.6 is 0 Å². The fraction of sp³-hybridized carbons (Fsp3) is 0.500. The van der Waals surface area contributed by atoms with Gasteiger partial charge >= 0.3 is 5.97 Å². The Kier molecular flexibility index (Phi) is 9.14. The Bertz CT molecular complexity index is 105. The first-order valence-electron chi connectivity index (χ1n) is 2.34. The molecule has 6 N–H and O–H groups in total. The third kappa shape index (κ3) is 9.97. The lowest BCUT2D eigenvalue weighted by Gasteiger charge is -1.96. The zero-order valence-corrected chi connectivity index (χ0v) is 5.23. The van der Waals surface area contributed by atoms with Gasteiger partial charge in [-0.05, 0) is 0 Å². The quantitative estimate of drug-likeness (QED) is 0.323. The van der Waals surface area contributed by atoms with Gasteiger partial charge in [0.15, 0.2) is 0 Å². The number of primary amides is 1. The van der Waals surface area contributed by atoms with Gasteiger partial charge in [0.25, 0.3) is 0 Å². The summed E-state index contributed by atoms with van der Waals surface area (Å²) in [6, 6.07) is -1.13. The normalized spacial score (nSPS) is 10.6. The lowest BCUT2D eigenvalue weighted by Crippen LogP contribution is -2.33. The highest BCUT2D eigenvalue weighted by Gasteiger charge is 2.06. The number of hydrogen-bond acceptors (Lipinski definition) is 4. The van der Waals surface area contributed by atoms with Gasteiger partial charge < -0.3 is 21.7 Å². The molecule has 0 aliphatic heterocycles. The second-order valence-corrected chi connectivity index (χ2v) is 1.26. The number of nitrogens with two attached hydrogens (primary N) is 2. The second kappa shape index (κ2) is 7.86. The summed E-state index contributed by atoms with van der Waals surface area (Å²) in [6.07, 6.45) is 0.250. The van der Waals surface area contributed by atoms with E-state index in [4.69, 9.17) is 20.7 Å². The van der Waals surface area contributed by atoms with E-state index in [1.165, 1.54) is 0 Å². The van der Waals surface area contributed by atoms with Crippen molar-refractivity contribution in [2.45, 2.75) is 6.04 Å². The Balaban J connectivity index is 0. The molecule has 10 heavy (non-hydrogen) atoms. The molecular formula is C4H10N2O4. The standard InChI is InChI=1S/C3H7NO3.CH3NO/c4-2(1-5)3(6)7;2-1-3/h2,5H,1,4H2,(H,6,7);1H,(H2,2,3)/t2-;/m1./s1. The molecule has 1 amide bonds. The van der Waals surface area contributed by atoms with Crippen molar-refractivity contribution in [3.63, 3.8) is 0 Å². The number of carboxylic acid groups (broad SMARTS) is 1. The number of rotatable bonds is 2. The molecule has 60 valence electrons. The molecule has 0 aliphatic carbocycles. The first-order valence-corrected chi connectivity index (χ1v) is 2.34. The van der Waals surface area contributed by atoms with Gasteiger partial charge in [0.1, 0.15) is 6.04 Å². The fourth-order valence-corrected chi connectivity index (χ4v) is 0.0781. The molecule has 0 fully saturated rings. The number of hydrogen-bond donors (Lipinski definition) is 4. The molecule has 0 aromatic carbocycles. The number of aliphatic hydroxyl groups excluding tert-OH is 1. The lowest BCUT2D eigenvalue weighted by molar-refractivity contribution is -0.139. The van der Waals surface area contributed by atoms with Crippen LogP contribution < -0.4 is 11.5 Å². The van der Waals surface area contributed by atoms with Crippen LogP contribution in [0.25, 0.3) is 0 Å². The van der Waals surface area contributed by atoms with E-state index in [2.05, 4.69) is 5.73 Å². The molecule has 0 saturated carbocycles. The summed E-state index contributed by atoms with van der Waals surface area (Å²) in [5, 5.41) is 15.9. The molecule has 1 atom stereocenters. The molecule has 0 aromatic heterocycles. The molecular weight excluding hydrogens is 140 g/mol. The maximum absolute atomic E-state index is 9.65. The van der Waals surface area contributed by atoms with Gasteiger partial charge in [0.2, 0.25) is 6.41 Å². The second-order valence-electron chi connectivity index (χ2n) is 1.26. The predicted octanol–water partition coefficient (Wildman–Crippen LogP) is -2.51. The van der Waals surface area contributed by atoms with Crippen LogP contribution in [-0.2, 0) is 9.59 Å². The summed E-state index contributed by atoms with van der Waals surface area (Å²) < 4.78 is 0. The van der Waals surface area contributed by atoms with Gasteiger partial charge in [-0.15, -0.1) is 0 Å². The molecule has 0 spiro atoms. The van der Waals surface area contributed by atoms with Crippen LogP contribution in [0.5, 0.6) is 0 Å². The molecule has 0 saturated heterocycles. The number of carbonyl (C=O) groups is 2. The van der Waals surface area contributed by atoms with Crippen molar-refractivity contribution in [3.05, 3.63) is 0 Å². The molecule has 0 unspecified atom stereocenters. The summed E-state index contributed by atoms with van der Waals surface area (Å²) in [6.45, 7) is -0.505. The topological polar surface area (TPSA) is 127 Å². The summed E-state index contributed by atoms with van der Waals surface area (Å²) in [7, 11) is 0. The summed E-state index contributed by atoms with van der Waals surface area (Å²) >= 11 is 0. The lowest BCUT2D eigenvalue weighted by atomic mass is 10.3. The maximum Gasteiger partial charge on any atom is 0.322 e.